The molecule has 3 aromatic heterocycles. The zero-order valence-electron chi connectivity index (χ0n) is 10.3. The largest absolute Gasteiger partial charge is 0.367 e. The lowest BCUT2D eigenvalue weighted by Gasteiger charge is -2.05. The zero-order chi connectivity index (χ0) is 13.1. The lowest BCUT2D eigenvalue weighted by Crippen LogP contribution is -2.11. The van der Waals surface area contributed by atoms with Crippen LogP contribution in [0.5, 0.6) is 0 Å². The van der Waals surface area contributed by atoms with E-state index in [1.54, 1.807) is 35.6 Å². The Balaban J connectivity index is 1.75. The van der Waals surface area contributed by atoms with Crippen LogP contribution in [0.4, 0.5) is 5.82 Å². The van der Waals surface area contributed by atoms with E-state index in [1.165, 1.54) is 0 Å². The second-order valence-corrected chi connectivity index (χ2v) is 5.81. The predicted octanol–water partition coefficient (Wildman–Crippen LogP) is 2.12. The van der Waals surface area contributed by atoms with E-state index in [0.717, 1.165) is 33.6 Å². The number of rotatable bonds is 5. The van der Waals surface area contributed by atoms with Crippen LogP contribution < -0.4 is 5.32 Å². The molecule has 0 amide bonds. The number of aromatic nitrogens is 5. The Morgan fingerprint density at radius 1 is 1.42 bits per heavy atom. The Morgan fingerprint density at radius 3 is 3.16 bits per heavy atom. The Bertz CT molecular complexity index is 663. The molecule has 3 heterocycles. The minimum Gasteiger partial charge on any atom is -0.367 e. The minimum atomic E-state index is 0.755. The molecule has 0 atom stereocenters. The van der Waals surface area contributed by atoms with Gasteiger partial charge in [-0.1, -0.05) is 11.8 Å². The lowest BCUT2D eigenvalue weighted by atomic mass is 10.5. The number of hydrogen-bond acceptors (Lipinski definition) is 7. The second-order valence-electron chi connectivity index (χ2n) is 3.75. The first-order chi connectivity index (χ1) is 9.36. The highest BCUT2D eigenvalue weighted by Crippen LogP contribution is 2.30. The Morgan fingerprint density at radius 2 is 2.37 bits per heavy atom. The molecule has 6 nitrogen and oxygen atoms in total. The first kappa shape index (κ1) is 12.4. The van der Waals surface area contributed by atoms with Crippen molar-refractivity contribution in [3.05, 3.63) is 24.8 Å². The first-order valence-corrected chi connectivity index (χ1v) is 7.78. The van der Waals surface area contributed by atoms with Crippen molar-refractivity contribution < 1.29 is 0 Å². The molecule has 0 spiro atoms. The van der Waals surface area contributed by atoms with Crippen molar-refractivity contribution in [2.75, 3.05) is 18.1 Å². The fourth-order valence-electron chi connectivity index (χ4n) is 1.67. The molecular formula is C11H12N6S2. The summed E-state index contributed by atoms with van der Waals surface area (Å²) in [4.78, 5) is 12.9. The van der Waals surface area contributed by atoms with Gasteiger partial charge in [0, 0.05) is 18.9 Å². The molecule has 8 heteroatoms. The molecule has 1 N–H and O–H groups in total. The molecule has 0 unspecified atom stereocenters. The molecular weight excluding hydrogens is 280 g/mol. The van der Waals surface area contributed by atoms with Gasteiger partial charge in [0.25, 0.3) is 0 Å². The number of thiazole rings is 1. The van der Waals surface area contributed by atoms with Crippen molar-refractivity contribution in [2.24, 2.45) is 0 Å². The number of thioether (sulfide) groups is 1. The number of nitrogens with one attached hydrogen (secondary N) is 1. The Labute approximate surface area is 118 Å². The second kappa shape index (κ2) is 5.54. The standard InChI is InChI=1S/C11H12N6S2/c1-18-11-16-10-8(19-11)9(13-7-14-10)12-4-6-17-5-2-3-15-17/h2-3,5,7H,4,6H2,1H3,(H,12,13,14). The molecule has 0 aliphatic carbocycles. The topological polar surface area (TPSA) is 68.5 Å². The number of fused-ring (bicyclic) bond motifs is 1. The smallest absolute Gasteiger partial charge is 0.176 e. The maximum absolute atomic E-state index is 4.42. The highest BCUT2D eigenvalue weighted by atomic mass is 32.2. The van der Waals surface area contributed by atoms with Crippen LogP contribution in [0.2, 0.25) is 0 Å². The minimum absolute atomic E-state index is 0.755. The summed E-state index contributed by atoms with van der Waals surface area (Å²) in [5.41, 5.74) is 0.755. The fourth-order valence-corrected chi connectivity index (χ4v) is 3.15. The van der Waals surface area contributed by atoms with Gasteiger partial charge < -0.3 is 5.32 Å². The van der Waals surface area contributed by atoms with Gasteiger partial charge in [-0.3, -0.25) is 4.68 Å². The maximum Gasteiger partial charge on any atom is 0.176 e. The summed E-state index contributed by atoms with van der Waals surface area (Å²) in [6, 6.07) is 1.91. The Kier molecular flexibility index (Phi) is 3.60. The van der Waals surface area contributed by atoms with Gasteiger partial charge in [0.2, 0.25) is 0 Å². The molecule has 0 aromatic carbocycles. The average molecular weight is 292 g/mol. The fraction of sp³-hybridized carbons (Fsp3) is 0.273. The van der Waals surface area contributed by atoms with Crippen molar-refractivity contribution in [3.63, 3.8) is 0 Å². The van der Waals surface area contributed by atoms with Gasteiger partial charge in [0.1, 0.15) is 16.8 Å². The van der Waals surface area contributed by atoms with E-state index in [4.69, 9.17) is 0 Å². The summed E-state index contributed by atoms with van der Waals surface area (Å²) in [6.45, 7) is 1.56. The van der Waals surface area contributed by atoms with E-state index in [2.05, 4.69) is 25.4 Å². The molecule has 3 aromatic rings. The van der Waals surface area contributed by atoms with Crippen LogP contribution in [0.1, 0.15) is 0 Å². The molecule has 0 radical (unpaired) electrons. The molecule has 0 aliphatic heterocycles. The quantitative estimate of drug-likeness (QED) is 0.726. The summed E-state index contributed by atoms with van der Waals surface area (Å²) < 4.78 is 3.89. The van der Waals surface area contributed by atoms with Gasteiger partial charge in [-0.15, -0.1) is 11.3 Å². The number of hydrogen-bond donors (Lipinski definition) is 1. The van der Waals surface area contributed by atoms with E-state index < -0.39 is 0 Å². The average Bonchev–Trinajstić information content (AvgIpc) is 3.07. The van der Waals surface area contributed by atoms with Crippen molar-refractivity contribution in [1.29, 1.82) is 0 Å². The SMILES string of the molecule is CSc1nc2ncnc(NCCn3cccn3)c2s1. The van der Waals surface area contributed by atoms with Crippen LogP contribution in [0.15, 0.2) is 29.1 Å². The molecule has 3 rings (SSSR count). The van der Waals surface area contributed by atoms with Crippen LogP contribution in [-0.2, 0) is 6.54 Å². The molecule has 0 bridgehead atoms. The third-order valence-corrected chi connectivity index (χ3v) is 4.58. The maximum atomic E-state index is 4.42. The summed E-state index contributed by atoms with van der Waals surface area (Å²) in [6.07, 6.45) is 7.27. The van der Waals surface area contributed by atoms with Gasteiger partial charge in [-0.2, -0.15) is 5.10 Å². The van der Waals surface area contributed by atoms with Crippen LogP contribution >= 0.6 is 23.1 Å². The number of anilines is 1. The molecule has 98 valence electrons. The van der Waals surface area contributed by atoms with E-state index in [0.29, 0.717) is 0 Å². The van der Waals surface area contributed by atoms with E-state index >= 15 is 0 Å². The lowest BCUT2D eigenvalue weighted by molar-refractivity contribution is 0.637. The van der Waals surface area contributed by atoms with Gasteiger partial charge in [-0.25, -0.2) is 15.0 Å². The van der Waals surface area contributed by atoms with Crippen LogP contribution in [0, 0.1) is 0 Å². The molecule has 0 aliphatic rings. The van der Waals surface area contributed by atoms with E-state index in [-0.39, 0.29) is 0 Å². The number of nitrogens with zero attached hydrogens (tertiary/aromatic N) is 5. The monoisotopic (exact) mass is 292 g/mol. The van der Waals surface area contributed by atoms with E-state index in [1.807, 2.05) is 23.2 Å². The normalized spacial score (nSPS) is 11.0. The first-order valence-electron chi connectivity index (χ1n) is 5.73. The van der Waals surface area contributed by atoms with Gasteiger partial charge in [-0.05, 0) is 12.3 Å². The highest BCUT2D eigenvalue weighted by molar-refractivity contribution is 8.00. The summed E-state index contributed by atoms with van der Waals surface area (Å²) in [5.74, 6) is 0.843. The molecule has 19 heavy (non-hydrogen) atoms. The van der Waals surface area contributed by atoms with Crippen LogP contribution in [-0.4, -0.2) is 37.5 Å². The van der Waals surface area contributed by atoms with Crippen LogP contribution in [0.25, 0.3) is 10.3 Å². The predicted molar refractivity (Wildman–Crippen MR) is 77.7 cm³/mol. The summed E-state index contributed by atoms with van der Waals surface area (Å²) in [7, 11) is 0. The zero-order valence-corrected chi connectivity index (χ0v) is 11.9. The third-order valence-electron chi connectivity index (χ3n) is 2.54. The van der Waals surface area contributed by atoms with E-state index in [9.17, 15) is 0 Å². The van der Waals surface area contributed by atoms with Crippen LogP contribution in [0.3, 0.4) is 0 Å². The van der Waals surface area contributed by atoms with Gasteiger partial charge in [0.05, 0.1) is 6.54 Å². The molecule has 0 fully saturated rings. The van der Waals surface area contributed by atoms with Crippen molar-refractivity contribution in [1.82, 2.24) is 24.7 Å². The van der Waals surface area contributed by atoms with Gasteiger partial charge >= 0.3 is 0 Å². The van der Waals surface area contributed by atoms with Gasteiger partial charge in [0.15, 0.2) is 9.99 Å². The molecule has 0 saturated carbocycles. The summed E-state index contributed by atoms with van der Waals surface area (Å²) >= 11 is 3.24. The third kappa shape index (κ3) is 2.69. The molecule has 0 saturated heterocycles. The Hall–Kier alpha value is -1.67. The summed E-state index contributed by atoms with van der Waals surface area (Å²) in [5, 5.41) is 7.47. The van der Waals surface area contributed by atoms with Crippen molar-refractivity contribution >= 4 is 39.3 Å². The van der Waals surface area contributed by atoms with Crippen molar-refractivity contribution in [3.8, 4) is 0 Å². The highest BCUT2D eigenvalue weighted by Gasteiger charge is 2.09. The van der Waals surface area contributed by atoms with Crippen molar-refractivity contribution in [2.45, 2.75) is 10.9 Å².